The highest BCUT2D eigenvalue weighted by molar-refractivity contribution is 7.87. The molecular formula is C47H62N7O24S6+. The van der Waals surface area contributed by atoms with Crippen LogP contribution in [0, 0.1) is 13.8 Å². The first-order valence-corrected chi connectivity index (χ1v) is 34.0. The van der Waals surface area contributed by atoms with Crippen LogP contribution in [0.2, 0.25) is 0 Å². The van der Waals surface area contributed by atoms with Crippen molar-refractivity contribution in [3.8, 4) is 0 Å². The molecule has 0 radical (unpaired) electrons. The number of amides is 4. The number of aromatic carboxylic acids is 1. The van der Waals surface area contributed by atoms with Crippen LogP contribution in [-0.4, -0.2) is 202 Å². The molecule has 1 aromatic heterocycles. The Morgan fingerprint density at radius 2 is 0.964 bits per heavy atom. The number of carboxylic acid groups (broad SMARTS) is 1. The molecule has 0 saturated heterocycles. The third-order valence-electron chi connectivity index (χ3n) is 11.7. The molecule has 3 rings (SSSR count). The second-order valence-corrected chi connectivity index (χ2v) is 27.7. The Hall–Kier alpha value is -6.91. The Morgan fingerprint density at radius 3 is 1.39 bits per heavy atom. The first kappa shape index (κ1) is 71.4. The zero-order valence-electron chi connectivity index (χ0n) is 45.1. The minimum atomic E-state index is -4.62. The van der Waals surface area contributed by atoms with Crippen molar-refractivity contribution in [2.75, 3.05) is 78.7 Å². The summed E-state index contributed by atoms with van der Waals surface area (Å²) < 4.78 is 197. The molecule has 2 aromatic carbocycles. The number of benzene rings is 2. The van der Waals surface area contributed by atoms with Gasteiger partial charge in [0.1, 0.15) is 6.54 Å². The van der Waals surface area contributed by atoms with Crippen molar-refractivity contribution >= 4 is 113 Å². The van der Waals surface area contributed by atoms with Gasteiger partial charge in [0.05, 0.1) is 45.8 Å². The normalized spacial score (nSPS) is 13.3. The molecule has 37 heteroatoms. The van der Waals surface area contributed by atoms with Crippen LogP contribution in [0.1, 0.15) is 95.3 Å². The fourth-order valence-corrected chi connectivity index (χ4v) is 9.99. The Kier molecular flexibility index (Phi) is 25.7. The number of nitrogens with zero attached hydrogens (tertiary/aromatic N) is 3. The van der Waals surface area contributed by atoms with Crippen LogP contribution in [0.15, 0.2) is 72.6 Å². The van der Waals surface area contributed by atoms with Crippen LogP contribution in [-0.2, 0) is 60.7 Å². The summed E-state index contributed by atoms with van der Waals surface area (Å²) in [6.07, 6.45) is 5.97. The maximum atomic E-state index is 13.6. The molecule has 84 heavy (non-hydrogen) atoms. The van der Waals surface area contributed by atoms with E-state index in [0.717, 1.165) is 18.3 Å². The molecular weight excluding hydrogens is 1240 g/mol. The van der Waals surface area contributed by atoms with Crippen LogP contribution in [0.25, 0.3) is 5.57 Å². The maximum Gasteiger partial charge on any atom is 0.337 e. The molecule has 464 valence electrons. The molecule has 11 N–H and O–H groups in total. The fraction of sp³-hybridized carbons (Fsp3) is 0.383. The monoisotopic (exact) mass is 1300 g/mol. The lowest BCUT2D eigenvalue weighted by atomic mass is 9.99. The molecule has 0 bridgehead atoms. The van der Waals surface area contributed by atoms with Gasteiger partial charge < -0.3 is 31.3 Å². The van der Waals surface area contributed by atoms with Gasteiger partial charge in [0.15, 0.2) is 5.71 Å². The third kappa shape index (κ3) is 25.5. The van der Waals surface area contributed by atoms with E-state index in [1.165, 1.54) is 85.7 Å². The molecule has 1 heterocycles. The Bertz CT molecular complexity index is 3850. The van der Waals surface area contributed by atoms with Crippen LogP contribution in [0.5, 0.6) is 0 Å². The van der Waals surface area contributed by atoms with E-state index in [0.29, 0.717) is 0 Å². The molecule has 0 fully saturated rings. The van der Waals surface area contributed by atoms with Crippen molar-refractivity contribution < 1.29 is 111 Å². The van der Waals surface area contributed by atoms with Crippen molar-refractivity contribution in [1.82, 2.24) is 26.3 Å². The lowest BCUT2D eigenvalue weighted by Crippen LogP contribution is -2.32. The summed E-state index contributed by atoms with van der Waals surface area (Å²) in [5, 5.41) is 18.8. The molecule has 0 aliphatic heterocycles. The van der Waals surface area contributed by atoms with Gasteiger partial charge in [-0.15, -0.1) is 0 Å². The molecule has 0 unspecified atom stereocenters. The maximum absolute atomic E-state index is 13.6. The van der Waals surface area contributed by atoms with Gasteiger partial charge in [0, 0.05) is 109 Å². The number of allylic oxidation sites excluding steroid dienone is 6. The number of anilines is 1. The van der Waals surface area contributed by atoms with E-state index in [4.69, 9.17) is 0 Å². The fourth-order valence-electron chi connectivity index (χ4n) is 7.56. The highest BCUT2D eigenvalue weighted by atomic mass is 32.2. The topological polar surface area (TPSA) is 499 Å². The molecule has 0 aliphatic carbocycles. The van der Waals surface area contributed by atoms with Crippen molar-refractivity contribution in [1.29, 1.82) is 0 Å². The number of rotatable bonds is 32. The first-order valence-electron chi connectivity index (χ1n) is 24.3. The van der Waals surface area contributed by atoms with E-state index in [1.54, 1.807) is 0 Å². The summed E-state index contributed by atoms with van der Waals surface area (Å²) in [6.45, 7) is 2.60. The number of hydrogen-bond acceptors (Lipinski definition) is 19. The zero-order valence-corrected chi connectivity index (χ0v) is 50.0. The van der Waals surface area contributed by atoms with Crippen LogP contribution >= 0.6 is 0 Å². The van der Waals surface area contributed by atoms with Gasteiger partial charge in [-0.25, -0.2) is 4.79 Å². The van der Waals surface area contributed by atoms with Crippen molar-refractivity contribution in [3.63, 3.8) is 0 Å². The average Bonchev–Trinajstić information content (AvgIpc) is 3.53. The van der Waals surface area contributed by atoms with E-state index < -0.39 is 151 Å². The van der Waals surface area contributed by atoms with Crippen LogP contribution in [0.4, 0.5) is 11.4 Å². The second-order valence-electron chi connectivity index (χ2n) is 18.2. The summed E-state index contributed by atoms with van der Waals surface area (Å²) in [4.78, 5) is 71.9. The van der Waals surface area contributed by atoms with Gasteiger partial charge in [-0.1, -0.05) is 6.08 Å². The third-order valence-corrected chi connectivity index (χ3v) is 16.2. The van der Waals surface area contributed by atoms with E-state index in [1.807, 2.05) is 0 Å². The zero-order chi connectivity index (χ0) is 63.8. The smallest absolute Gasteiger partial charge is 0.337 e. The molecule has 0 saturated carbocycles. The largest absolute Gasteiger partial charge is 0.478 e. The molecule has 0 spiro atoms. The van der Waals surface area contributed by atoms with Gasteiger partial charge in [-0.2, -0.15) is 55.1 Å². The summed E-state index contributed by atoms with van der Waals surface area (Å²) in [7, 11) is -27.6. The van der Waals surface area contributed by atoms with E-state index >= 15 is 0 Å². The standard InChI is InChI=1S/C47H61N7O24S6/c1-30(53(17-5-19-79(61,62)63)41-27-36(43(55)48-13-21-81(67,68)69)25-38(32(41)3)45(57)50-15-23-83(73,74)75)7-9-34(40-12-11-35(29-52-40)47(59)60)10-8-31(2)54(18-6-20-80(64,65)66)42-28-37(44(56)49-14-22-82(70,71)72)26-39(33(42)4)46(58)51-16-24-84(76,77)78/h7-12,25-29H,5-6,13-24H2,1-4H3,(H10-,48,49,50,51,55,56,57,58,59,60,61,62,63,64,65,66,67,68,69,70,71,72,73,74,75,76,77,78)/p+1. The SMILES string of the molecule is CC(/C=C/C(=C/C=C(\C)N(CCCS(=O)(=O)O)c1cc(C(=O)NCCS(=O)(=O)O)cc(C(=O)NCCS(=O)(=O)O)c1C)c1ccc(C(=O)O)cn1)=[N+](CCCS(=O)(=O)O)c1cc(C(=O)NCCS(=O)(=O)O)cc(C(=O)NCCS(=O)(=O)O)c1C. The summed E-state index contributed by atoms with van der Waals surface area (Å²) in [5.74, 6) is -10.7. The highest BCUT2D eigenvalue weighted by Crippen LogP contribution is 2.31. The minimum Gasteiger partial charge on any atom is -0.478 e. The van der Waals surface area contributed by atoms with E-state index in [2.05, 4.69) is 26.3 Å². The van der Waals surface area contributed by atoms with E-state index in [-0.39, 0.29) is 98.9 Å². The van der Waals surface area contributed by atoms with Gasteiger partial charge in [-0.05, 0) is 75.2 Å². The van der Waals surface area contributed by atoms with Gasteiger partial charge in [-0.3, -0.25) is 51.5 Å². The Balaban J connectivity index is 2.47. The van der Waals surface area contributed by atoms with Crippen LogP contribution in [0.3, 0.4) is 0 Å². The Labute approximate surface area is 484 Å². The number of carbonyl (C=O) groups is 5. The molecule has 0 atom stereocenters. The molecule has 31 nitrogen and oxygen atoms in total. The average molecular weight is 1300 g/mol. The number of carbonyl (C=O) groups excluding carboxylic acids is 4. The number of pyridine rings is 1. The second kappa shape index (κ2) is 30.3. The van der Waals surface area contributed by atoms with Crippen molar-refractivity contribution in [3.05, 3.63) is 117 Å². The number of carboxylic acids is 1. The van der Waals surface area contributed by atoms with E-state index in [9.17, 15) is 107 Å². The molecule has 4 amide bonds. The number of aromatic nitrogens is 1. The summed E-state index contributed by atoms with van der Waals surface area (Å²) in [5.41, 5.74) is -0.811. The quantitative estimate of drug-likeness (QED) is 0.0176. The first-order chi connectivity index (χ1) is 38.5. The summed E-state index contributed by atoms with van der Waals surface area (Å²) in [6, 6.07) is 7.05. The highest BCUT2D eigenvalue weighted by Gasteiger charge is 2.27. The Morgan fingerprint density at radius 1 is 0.536 bits per heavy atom. The molecule has 0 aliphatic rings. The number of hydrogen-bond donors (Lipinski definition) is 11. The summed E-state index contributed by atoms with van der Waals surface area (Å²) >= 11 is 0. The van der Waals surface area contributed by atoms with Gasteiger partial charge in [0.2, 0.25) is 5.69 Å². The predicted octanol–water partition coefficient (Wildman–Crippen LogP) is 0.578. The minimum absolute atomic E-state index is 0.00298. The van der Waals surface area contributed by atoms with Crippen molar-refractivity contribution in [2.24, 2.45) is 0 Å². The van der Waals surface area contributed by atoms with Gasteiger partial charge in [0.25, 0.3) is 84.3 Å². The lowest BCUT2D eigenvalue weighted by Gasteiger charge is -2.29. The van der Waals surface area contributed by atoms with Gasteiger partial charge >= 0.3 is 5.97 Å². The number of nitrogens with one attached hydrogen (secondary N) is 4. The lowest BCUT2D eigenvalue weighted by molar-refractivity contribution is -0.440. The molecule has 3 aromatic rings. The predicted molar refractivity (Wildman–Crippen MR) is 304 cm³/mol. The van der Waals surface area contributed by atoms with Crippen molar-refractivity contribution in [2.45, 2.75) is 40.5 Å². The van der Waals surface area contributed by atoms with Crippen LogP contribution < -0.4 is 26.2 Å².